The van der Waals surface area contributed by atoms with Crippen molar-refractivity contribution in [3.63, 3.8) is 0 Å². The second-order valence-corrected chi connectivity index (χ2v) is 6.89. The summed E-state index contributed by atoms with van der Waals surface area (Å²) >= 11 is 9.38. The summed E-state index contributed by atoms with van der Waals surface area (Å²) in [6.45, 7) is 1.86. The van der Waals surface area contributed by atoms with Crippen molar-refractivity contribution in [2.45, 2.75) is 19.5 Å². The molecule has 2 aromatic rings. The lowest BCUT2D eigenvalue weighted by Gasteiger charge is -2.10. The Bertz CT molecular complexity index is 886. The third kappa shape index (κ3) is 5.93. The molecular formula is C16H16BrClF3N5O2. The van der Waals surface area contributed by atoms with Crippen molar-refractivity contribution in [3.8, 4) is 0 Å². The molecule has 0 saturated heterocycles. The molecule has 2 rings (SSSR count). The summed E-state index contributed by atoms with van der Waals surface area (Å²) in [6.07, 6.45) is -2.49. The fourth-order valence-corrected chi connectivity index (χ4v) is 2.99. The van der Waals surface area contributed by atoms with Gasteiger partial charge in [-0.1, -0.05) is 16.8 Å². The minimum atomic E-state index is -4.65. The molecule has 0 aliphatic heterocycles. The standard InChI is InChI=1S/C16H16BrClF3N5O2/c1-3-28-25-12(14-11(18)5-10(17)6-23-14)7-22-13(27)4-9-8-26(2)24-15(9)16(19,20)21/h5-6,8H,3-4,7H2,1-2H3,(H,22,27). The number of oxime groups is 1. The predicted molar refractivity (Wildman–Crippen MR) is 100 cm³/mol. The Labute approximate surface area is 172 Å². The molecule has 1 N–H and O–H groups in total. The van der Waals surface area contributed by atoms with Gasteiger partial charge in [0.2, 0.25) is 5.91 Å². The number of rotatable bonds is 7. The van der Waals surface area contributed by atoms with Crippen LogP contribution < -0.4 is 5.32 Å². The molecule has 0 aliphatic rings. The number of hydrogen-bond donors (Lipinski definition) is 1. The summed E-state index contributed by atoms with van der Waals surface area (Å²) in [6, 6.07) is 1.60. The summed E-state index contributed by atoms with van der Waals surface area (Å²) in [5, 5.41) is 10.0. The average molecular weight is 483 g/mol. The van der Waals surface area contributed by atoms with Gasteiger partial charge < -0.3 is 10.2 Å². The van der Waals surface area contributed by atoms with Crippen molar-refractivity contribution in [2.75, 3.05) is 13.2 Å². The van der Waals surface area contributed by atoms with E-state index in [1.165, 1.54) is 13.2 Å². The van der Waals surface area contributed by atoms with Gasteiger partial charge in [0.05, 0.1) is 18.0 Å². The number of hydrogen-bond acceptors (Lipinski definition) is 5. The highest BCUT2D eigenvalue weighted by atomic mass is 79.9. The van der Waals surface area contributed by atoms with Crippen LogP contribution in [0.2, 0.25) is 5.02 Å². The fraction of sp³-hybridized carbons (Fsp3) is 0.375. The number of pyridine rings is 1. The Hall–Kier alpha value is -2.14. The SMILES string of the molecule is CCON=C(CNC(=O)Cc1cn(C)nc1C(F)(F)F)c1ncc(Br)cc1Cl. The lowest BCUT2D eigenvalue weighted by Crippen LogP contribution is -2.32. The maximum Gasteiger partial charge on any atom is 0.435 e. The van der Waals surface area contributed by atoms with Crippen LogP contribution in [0.25, 0.3) is 0 Å². The first-order valence-electron chi connectivity index (χ1n) is 7.98. The first-order chi connectivity index (χ1) is 13.1. The smallest absolute Gasteiger partial charge is 0.396 e. The van der Waals surface area contributed by atoms with Gasteiger partial charge in [-0.15, -0.1) is 0 Å². The lowest BCUT2D eigenvalue weighted by molar-refractivity contribution is -0.142. The number of carbonyl (C=O) groups is 1. The summed E-state index contributed by atoms with van der Waals surface area (Å²) < 4.78 is 40.6. The van der Waals surface area contributed by atoms with Crippen LogP contribution in [0, 0.1) is 0 Å². The van der Waals surface area contributed by atoms with Crippen LogP contribution in [0.1, 0.15) is 23.9 Å². The number of nitrogens with zero attached hydrogens (tertiary/aromatic N) is 4. The van der Waals surface area contributed by atoms with Gasteiger partial charge >= 0.3 is 6.18 Å². The van der Waals surface area contributed by atoms with E-state index in [0.29, 0.717) is 4.47 Å². The van der Waals surface area contributed by atoms with Crippen LogP contribution in [0.15, 0.2) is 28.1 Å². The zero-order chi connectivity index (χ0) is 20.9. The van der Waals surface area contributed by atoms with Gasteiger partial charge in [0.1, 0.15) is 18.0 Å². The third-order valence-corrected chi connectivity index (χ3v) is 4.08. The van der Waals surface area contributed by atoms with Crippen LogP contribution in [-0.4, -0.2) is 39.5 Å². The van der Waals surface area contributed by atoms with Gasteiger partial charge in [-0.3, -0.25) is 14.5 Å². The lowest BCUT2D eigenvalue weighted by atomic mass is 10.1. The number of alkyl halides is 3. The van der Waals surface area contributed by atoms with Crippen LogP contribution in [0.5, 0.6) is 0 Å². The number of amides is 1. The number of nitrogens with one attached hydrogen (secondary N) is 1. The maximum atomic E-state index is 13.0. The van der Waals surface area contributed by atoms with Crippen molar-refractivity contribution >= 4 is 39.1 Å². The minimum absolute atomic E-state index is 0.130. The largest absolute Gasteiger partial charge is 0.435 e. The molecule has 0 atom stereocenters. The van der Waals surface area contributed by atoms with Crippen molar-refractivity contribution in [2.24, 2.45) is 12.2 Å². The molecule has 152 valence electrons. The van der Waals surface area contributed by atoms with Crippen molar-refractivity contribution < 1.29 is 22.8 Å². The minimum Gasteiger partial charge on any atom is -0.396 e. The molecule has 2 aromatic heterocycles. The van der Waals surface area contributed by atoms with E-state index in [4.69, 9.17) is 16.4 Å². The summed E-state index contributed by atoms with van der Waals surface area (Å²) in [4.78, 5) is 21.3. The van der Waals surface area contributed by atoms with E-state index in [1.54, 1.807) is 13.0 Å². The molecule has 0 fully saturated rings. The Morgan fingerprint density at radius 2 is 2.18 bits per heavy atom. The van der Waals surface area contributed by atoms with E-state index in [2.05, 4.69) is 36.5 Å². The molecule has 2 heterocycles. The molecule has 0 bridgehead atoms. The zero-order valence-electron chi connectivity index (χ0n) is 14.8. The monoisotopic (exact) mass is 481 g/mol. The van der Waals surface area contributed by atoms with E-state index in [0.717, 1.165) is 10.9 Å². The molecule has 12 heteroatoms. The molecule has 0 aliphatic carbocycles. The molecule has 0 unspecified atom stereocenters. The molecule has 0 radical (unpaired) electrons. The number of halogens is 5. The van der Waals surface area contributed by atoms with Gasteiger partial charge in [-0.05, 0) is 28.9 Å². The topological polar surface area (TPSA) is 81.4 Å². The maximum absolute atomic E-state index is 13.0. The van der Waals surface area contributed by atoms with Crippen molar-refractivity contribution in [1.82, 2.24) is 20.1 Å². The van der Waals surface area contributed by atoms with Crippen molar-refractivity contribution in [3.05, 3.63) is 44.9 Å². The van der Waals surface area contributed by atoms with E-state index in [1.807, 2.05) is 0 Å². The van der Waals surface area contributed by atoms with Gasteiger partial charge in [-0.2, -0.15) is 18.3 Å². The van der Waals surface area contributed by atoms with Gasteiger partial charge in [0.25, 0.3) is 0 Å². The Kier molecular flexibility index (Phi) is 7.41. The molecule has 0 spiro atoms. The number of aromatic nitrogens is 3. The van der Waals surface area contributed by atoms with Crippen LogP contribution in [-0.2, 0) is 29.3 Å². The normalized spacial score (nSPS) is 12.2. The zero-order valence-corrected chi connectivity index (χ0v) is 17.2. The van der Waals surface area contributed by atoms with Gasteiger partial charge in [-0.25, -0.2) is 0 Å². The molecule has 1 amide bonds. The number of carbonyl (C=O) groups excluding carboxylic acids is 1. The average Bonchev–Trinajstić information content (AvgIpc) is 2.96. The molecule has 0 saturated carbocycles. The van der Waals surface area contributed by atoms with Gasteiger partial charge in [0.15, 0.2) is 5.69 Å². The number of aryl methyl sites for hydroxylation is 1. The second-order valence-electron chi connectivity index (χ2n) is 5.57. The Morgan fingerprint density at radius 3 is 2.79 bits per heavy atom. The molecule has 7 nitrogen and oxygen atoms in total. The Balaban J connectivity index is 2.12. The van der Waals surface area contributed by atoms with E-state index in [-0.39, 0.29) is 35.1 Å². The first kappa shape index (κ1) is 22.2. The quantitative estimate of drug-likeness (QED) is 0.485. The highest BCUT2D eigenvalue weighted by Crippen LogP contribution is 2.30. The Morgan fingerprint density at radius 1 is 1.46 bits per heavy atom. The van der Waals surface area contributed by atoms with E-state index >= 15 is 0 Å². The fourth-order valence-electron chi connectivity index (χ4n) is 2.25. The van der Waals surface area contributed by atoms with Crippen LogP contribution in [0.3, 0.4) is 0 Å². The van der Waals surface area contributed by atoms with E-state index < -0.39 is 24.2 Å². The first-order valence-corrected chi connectivity index (χ1v) is 9.15. The molecule has 0 aromatic carbocycles. The molecular weight excluding hydrogens is 467 g/mol. The summed E-state index contributed by atoms with van der Waals surface area (Å²) in [7, 11) is 1.35. The summed E-state index contributed by atoms with van der Waals surface area (Å²) in [5.74, 6) is -0.643. The summed E-state index contributed by atoms with van der Waals surface area (Å²) in [5.41, 5.74) is -0.799. The van der Waals surface area contributed by atoms with Crippen LogP contribution >= 0.6 is 27.5 Å². The van der Waals surface area contributed by atoms with E-state index in [9.17, 15) is 18.0 Å². The van der Waals surface area contributed by atoms with Gasteiger partial charge in [0, 0.05) is 29.5 Å². The highest BCUT2D eigenvalue weighted by Gasteiger charge is 2.37. The third-order valence-electron chi connectivity index (χ3n) is 3.36. The highest BCUT2D eigenvalue weighted by molar-refractivity contribution is 9.10. The van der Waals surface area contributed by atoms with Crippen molar-refractivity contribution in [1.29, 1.82) is 0 Å². The molecule has 28 heavy (non-hydrogen) atoms. The predicted octanol–water partition coefficient (Wildman–Crippen LogP) is 3.35. The second kappa shape index (κ2) is 9.37. The van der Waals surface area contributed by atoms with Crippen LogP contribution in [0.4, 0.5) is 13.2 Å².